The maximum Gasteiger partial charge on any atom is 0.276 e. The van der Waals surface area contributed by atoms with Crippen LogP contribution < -0.4 is 11.3 Å². The molecule has 0 amide bonds. The monoisotopic (exact) mass is 268 g/mol. The van der Waals surface area contributed by atoms with Crippen molar-refractivity contribution < 1.29 is 0 Å². The smallest absolute Gasteiger partial charge is 0.276 e. The highest BCUT2D eigenvalue weighted by Gasteiger charge is 2.06. The number of benzene rings is 1. The van der Waals surface area contributed by atoms with Gasteiger partial charge in [-0.25, -0.2) is 4.52 Å². The van der Waals surface area contributed by atoms with Gasteiger partial charge in [0, 0.05) is 24.6 Å². The van der Waals surface area contributed by atoms with Gasteiger partial charge in [0.2, 0.25) is 0 Å². The number of aromatic nitrogens is 3. The molecule has 3 rings (SSSR count). The third kappa shape index (κ3) is 2.18. The molecule has 0 atom stereocenters. The van der Waals surface area contributed by atoms with Crippen molar-refractivity contribution in [3.05, 3.63) is 64.3 Å². The van der Waals surface area contributed by atoms with Crippen LogP contribution in [0.25, 0.3) is 5.52 Å². The minimum absolute atomic E-state index is 0.0254. The van der Waals surface area contributed by atoms with E-state index in [2.05, 4.69) is 5.10 Å². The van der Waals surface area contributed by atoms with E-state index in [-0.39, 0.29) is 5.56 Å². The molecule has 0 aliphatic heterocycles. The Morgan fingerprint density at radius 1 is 1.25 bits per heavy atom. The van der Waals surface area contributed by atoms with E-state index in [0.717, 1.165) is 23.4 Å². The van der Waals surface area contributed by atoms with Gasteiger partial charge in [0.15, 0.2) is 0 Å². The zero-order valence-corrected chi connectivity index (χ0v) is 11.3. The molecule has 0 saturated heterocycles. The second kappa shape index (κ2) is 4.85. The van der Waals surface area contributed by atoms with E-state index < -0.39 is 0 Å². The quantitative estimate of drug-likeness (QED) is 0.734. The normalized spacial score (nSPS) is 11.1. The van der Waals surface area contributed by atoms with Gasteiger partial charge in [-0.2, -0.15) is 5.10 Å². The van der Waals surface area contributed by atoms with Crippen molar-refractivity contribution in [3.63, 3.8) is 0 Å². The molecule has 102 valence electrons. The molecule has 1 aromatic carbocycles. The van der Waals surface area contributed by atoms with Gasteiger partial charge >= 0.3 is 0 Å². The van der Waals surface area contributed by atoms with Crippen LogP contribution >= 0.6 is 0 Å². The van der Waals surface area contributed by atoms with E-state index in [4.69, 9.17) is 5.73 Å². The molecule has 20 heavy (non-hydrogen) atoms. The topological polar surface area (TPSA) is 65.3 Å². The maximum absolute atomic E-state index is 12.3. The van der Waals surface area contributed by atoms with Crippen molar-refractivity contribution in [3.8, 4) is 0 Å². The second-order valence-electron chi connectivity index (χ2n) is 4.86. The van der Waals surface area contributed by atoms with Crippen molar-refractivity contribution in [2.24, 2.45) is 0 Å². The summed E-state index contributed by atoms with van der Waals surface area (Å²) in [6, 6.07) is 9.53. The molecular formula is C15H16N4O. The number of nitrogens with two attached hydrogens (primary N) is 1. The number of fused-ring (bicyclic) bond motifs is 1. The van der Waals surface area contributed by atoms with Crippen LogP contribution in [0.15, 0.2) is 47.5 Å². The number of anilines is 1. The molecule has 5 nitrogen and oxygen atoms in total. The summed E-state index contributed by atoms with van der Waals surface area (Å²) < 4.78 is 3.31. The third-order valence-corrected chi connectivity index (χ3v) is 3.40. The van der Waals surface area contributed by atoms with Crippen LogP contribution in [-0.4, -0.2) is 14.2 Å². The van der Waals surface area contributed by atoms with Crippen molar-refractivity contribution in [1.82, 2.24) is 14.2 Å². The predicted molar refractivity (Wildman–Crippen MR) is 78.7 cm³/mol. The van der Waals surface area contributed by atoms with Gasteiger partial charge in [-0.1, -0.05) is 18.2 Å². The van der Waals surface area contributed by atoms with Crippen molar-refractivity contribution in [2.45, 2.75) is 19.9 Å². The predicted octanol–water partition coefficient (Wildman–Crippen LogP) is 1.63. The third-order valence-electron chi connectivity index (χ3n) is 3.40. The summed E-state index contributed by atoms with van der Waals surface area (Å²) >= 11 is 0. The Bertz CT molecular complexity index is 816. The largest absolute Gasteiger partial charge is 0.399 e. The van der Waals surface area contributed by atoms with E-state index in [0.29, 0.717) is 12.1 Å². The first-order valence-electron chi connectivity index (χ1n) is 6.54. The lowest BCUT2D eigenvalue weighted by Gasteiger charge is -2.08. The summed E-state index contributed by atoms with van der Waals surface area (Å²) in [4.78, 5) is 12.3. The molecule has 0 unspecified atom stereocenters. The number of rotatable bonds is 3. The highest BCUT2D eigenvalue weighted by molar-refractivity contribution is 5.47. The van der Waals surface area contributed by atoms with E-state index in [1.54, 1.807) is 27.5 Å². The van der Waals surface area contributed by atoms with Crippen LogP contribution in [0.1, 0.15) is 11.3 Å². The SMILES string of the molecule is Cc1cc2c(=O)n(CCc3ccccc3N)ccn2n1. The van der Waals surface area contributed by atoms with E-state index in [1.165, 1.54) is 0 Å². The van der Waals surface area contributed by atoms with Gasteiger partial charge in [0.25, 0.3) is 5.56 Å². The Balaban J connectivity index is 1.90. The van der Waals surface area contributed by atoms with Crippen LogP contribution in [0.2, 0.25) is 0 Å². The molecule has 3 aromatic rings. The second-order valence-corrected chi connectivity index (χ2v) is 4.86. The Hall–Kier alpha value is -2.56. The number of aryl methyl sites for hydroxylation is 3. The molecular weight excluding hydrogens is 252 g/mol. The standard InChI is InChI=1S/C15H16N4O/c1-11-10-14-15(20)18(8-9-19(14)17-11)7-6-12-4-2-3-5-13(12)16/h2-5,8-10H,6-7,16H2,1H3. The fourth-order valence-corrected chi connectivity index (χ4v) is 2.33. The zero-order valence-electron chi connectivity index (χ0n) is 11.3. The first-order valence-corrected chi connectivity index (χ1v) is 6.54. The van der Waals surface area contributed by atoms with Crippen LogP contribution in [0, 0.1) is 6.92 Å². The highest BCUT2D eigenvalue weighted by atomic mass is 16.1. The lowest BCUT2D eigenvalue weighted by molar-refractivity contribution is 0.663. The number of hydrogen-bond acceptors (Lipinski definition) is 3. The minimum Gasteiger partial charge on any atom is -0.399 e. The van der Waals surface area contributed by atoms with Crippen LogP contribution in [0.5, 0.6) is 0 Å². The number of para-hydroxylation sites is 1. The minimum atomic E-state index is -0.0254. The van der Waals surface area contributed by atoms with Crippen molar-refractivity contribution >= 4 is 11.2 Å². The molecule has 0 aliphatic carbocycles. The molecule has 0 saturated carbocycles. The summed E-state index contributed by atoms with van der Waals surface area (Å²) in [5, 5.41) is 4.23. The van der Waals surface area contributed by atoms with Crippen LogP contribution in [0.4, 0.5) is 5.69 Å². The van der Waals surface area contributed by atoms with Gasteiger partial charge in [-0.15, -0.1) is 0 Å². The molecule has 5 heteroatoms. The summed E-state index contributed by atoms with van der Waals surface area (Å²) in [6.07, 6.45) is 4.30. The Morgan fingerprint density at radius 3 is 2.85 bits per heavy atom. The first-order chi connectivity index (χ1) is 9.65. The Kier molecular flexibility index (Phi) is 3.02. The Labute approximate surface area is 116 Å². The van der Waals surface area contributed by atoms with E-state index >= 15 is 0 Å². The van der Waals surface area contributed by atoms with Gasteiger partial charge in [-0.3, -0.25) is 4.79 Å². The van der Waals surface area contributed by atoms with Crippen molar-refractivity contribution in [1.29, 1.82) is 0 Å². The number of hydrogen-bond donors (Lipinski definition) is 1. The molecule has 2 heterocycles. The van der Waals surface area contributed by atoms with Gasteiger partial charge in [0.1, 0.15) is 5.52 Å². The fourth-order valence-electron chi connectivity index (χ4n) is 2.33. The summed E-state index contributed by atoms with van der Waals surface area (Å²) in [7, 11) is 0. The molecule has 0 aliphatic rings. The first kappa shape index (κ1) is 12.5. The molecule has 0 fully saturated rings. The average molecular weight is 268 g/mol. The average Bonchev–Trinajstić information content (AvgIpc) is 2.81. The van der Waals surface area contributed by atoms with E-state index in [9.17, 15) is 4.79 Å². The number of nitrogens with zero attached hydrogens (tertiary/aromatic N) is 3. The lowest BCUT2D eigenvalue weighted by atomic mass is 10.1. The molecule has 0 bridgehead atoms. The van der Waals surface area contributed by atoms with Crippen LogP contribution in [0.3, 0.4) is 0 Å². The molecule has 2 aromatic heterocycles. The summed E-state index contributed by atoms with van der Waals surface area (Å²) in [5.41, 5.74) is 9.16. The van der Waals surface area contributed by atoms with E-state index in [1.807, 2.05) is 31.2 Å². The molecule has 0 spiro atoms. The van der Waals surface area contributed by atoms with Gasteiger partial charge < -0.3 is 10.3 Å². The summed E-state index contributed by atoms with van der Waals surface area (Å²) in [6.45, 7) is 2.48. The van der Waals surface area contributed by atoms with Crippen molar-refractivity contribution in [2.75, 3.05) is 5.73 Å². The van der Waals surface area contributed by atoms with Crippen LogP contribution in [-0.2, 0) is 13.0 Å². The lowest BCUT2D eigenvalue weighted by Crippen LogP contribution is -2.22. The molecule has 0 radical (unpaired) electrons. The van der Waals surface area contributed by atoms with Gasteiger partial charge in [-0.05, 0) is 31.0 Å². The molecule has 2 N–H and O–H groups in total. The highest BCUT2D eigenvalue weighted by Crippen LogP contribution is 2.11. The summed E-state index contributed by atoms with van der Waals surface area (Å²) in [5.74, 6) is 0. The fraction of sp³-hybridized carbons (Fsp3) is 0.200. The van der Waals surface area contributed by atoms with Gasteiger partial charge in [0.05, 0.1) is 5.69 Å². The maximum atomic E-state index is 12.3. The number of nitrogen functional groups attached to an aromatic ring is 1. The Morgan fingerprint density at radius 2 is 2.05 bits per heavy atom. The zero-order chi connectivity index (χ0) is 14.1.